The lowest BCUT2D eigenvalue weighted by Crippen LogP contribution is -2.49. The number of rotatable bonds is 2. The summed E-state index contributed by atoms with van der Waals surface area (Å²) in [6.45, 7) is 1.14. The highest BCUT2D eigenvalue weighted by atomic mass is 16.5. The van der Waals surface area contributed by atoms with Crippen LogP contribution in [-0.2, 0) is 10.2 Å². The Hall–Kier alpha value is -3.15. The minimum atomic E-state index is -0.617. The molecule has 0 radical (unpaired) electrons. The van der Waals surface area contributed by atoms with Crippen molar-refractivity contribution >= 4 is 6.08 Å². The third-order valence-corrected chi connectivity index (χ3v) is 6.22. The Morgan fingerprint density at radius 3 is 2.39 bits per heavy atom. The van der Waals surface area contributed by atoms with Gasteiger partial charge in [0.2, 0.25) is 0 Å². The van der Waals surface area contributed by atoms with Crippen molar-refractivity contribution in [3.05, 3.63) is 102 Å². The van der Waals surface area contributed by atoms with E-state index < -0.39 is 5.41 Å². The number of benzene rings is 3. The molecule has 3 aromatic rings. The quantitative estimate of drug-likeness (QED) is 0.596. The fourth-order valence-corrected chi connectivity index (χ4v) is 4.90. The topological polar surface area (TPSA) is 33.0 Å². The monoisotopic (exact) mass is 363 g/mol. The van der Waals surface area contributed by atoms with Crippen LogP contribution in [0.1, 0.15) is 22.6 Å². The molecule has 0 saturated carbocycles. The molecule has 28 heavy (non-hydrogen) atoms. The maximum absolute atomic E-state index is 10.6. The molecule has 0 aromatic heterocycles. The first-order valence-electron chi connectivity index (χ1n) is 9.75. The fraction of sp³-hybridized carbons (Fsp3) is 0.192. The van der Waals surface area contributed by atoms with Crippen LogP contribution in [0.4, 0.5) is 0 Å². The number of nitriles is 1. The lowest BCUT2D eigenvalue weighted by atomic mass is 9.56. The molecule has 2 aliphatic rings. The summed E-state index contributed by atoms with van der Waals surface area (Å²) >= 11 is 0. The summed E-state index contributed by atoms with van der Waals surface area (Å²) in [6.07, 6.45) is 4.30. The zero-order chi connectivity index (χ0) is 19.0. The lowest BCUT2D eigenvalue weighted by molar-refractivity contribution is 0.0171. The molecule has 3 atom stereocenters. The van der Waals surface area contributed by atoms with Crippen molar-refractivity contribution in [2.45, 2.75) is 11.3 Å². The third-order valence-electron chi connectivity index (χ3n) is 6.22. The second-order valence-corrected chi connectivity index (χ2v) is 7.58. The van der Waals surface area contributed by atoms with Crippen LogP contribution >= 0.6 is 0 Å². The summed E-state index contributed by atoms with van der Waals surface area (Å²) < 4.78 is 6.04. The minimum Gasteiger partial charge on any atom is -0.380 e. The van der Waals surface area contributed by atoms with E-state index in [4.69, 9.17) is 4.74 Å². The van der Waals surface area contributed by atoms with Crippen LogP contribution in [0.5, 0.6) is 0 Å². The Bertz CT molecular complexity index is 1080. The molecule has 0 bridgehead atoms. The van der Waals surface area contributed by atoms with Gasteiger partial charge < -0.3 is 4.74 Å². The largest absolute Gasteiger partial charge is 0.380 e. The molecular weight excluding hydrogens is 342 g/mol. The summed E-state index contributed by atoms with van der Waals surface area (Å²) in [5, 5.41) is 10.6. The molecule has 0 spiro atoms. The molecule has 1 aliphatic carbocycles. The molecule has 3 aromatic carbocycles. The zero-order valence-corrected chi connectivity index (χ0v) is 15.6. The van der Waals surface area contributed by atoms with Gasteiger partial charge in [-0.3, -0.25) is 0 Å². The fourth-order valence-electron chi connectivity index (χ4n) is 4.90. The summed E-state index contributed by atoms with van der Waals surface area (Å²) in [7, 11) is 0. The zero-order valence-electron chi connectivity index (χ0n) is 15.6. The van der Waals surface area contributed by atoms with E-state index in [1.807, 2.05) is 18.2 Å². The highest BCUT2D eigenvalue weighted by Crippen LogP contribution is 2.56. The SMILES string of the molecule is N#C[C@@]12c3ccccc3-c3ccccc3[C@@H]1COC[C@H]2/C=C\c1ccccc1. The van der Waals surface area contributed by atoms with Gasteiger partial charge in [0.25, 0.3) is 0 Å². The first kappa shape index (κ1) is 17.0. The van der Waals surface area contributed by atoms with Crippen LogP contribution in [0.3, 0.4) is 0 Å². The van der Waals surface area contributed by atoms with E-state index in [0.717, 1.165) is 11.1 Å². The standard InChI is InChI=1S/C26H21NO/c27-18-26-20(15-14-19-8-2-1-3-9-19)16-28-17-25(26)23-12-5-4-10-21(23)22-11-6-7-13-24(22)26/h1-15,20,25H,16-17H2/b15-14-/t20-,25+,26-/m1/s1. The van der Waals surface area contributed by atoms with Gasteiger partial charge in [-0.2, -0.15) is 5.26 Å². The predicted octanol–water partition coefficient (Wildman–Crippen LogP) is 5.57. The molecule has 2 nitrogen and oxygen atoms in total. The van der Waals surface area contributed by atoms with E-state index in [1.54, 1.807) is 0 Å². The van der Waals surface area contributed by atoms with Crippen LogP contribution in [-0.4, -0.2) is 13.2 Å². The molecule has 1 fully saturated rings. The first-order chi connectivity index (χ1) is 13.8. The molecule has 1 heterocycles. The van der Waals surface area contributed by atoms with Crippen molar-refractivity contribution in [1.29, 1.82) is 5.26 Å². The third kappa shape index (κ3) is 2.44. The van der Waals surface area contributed by atoms with Gasteiger partial charge in [-0.05, 0) is 27.8 Å². The number of hydrogen-bond acceptors (Lipinski definition) is 2. The molecular formula is C26H21NO. The Kier molecular flexibility index (Phi) is 4.11. The number of nitrogens with zero attached hydrogens (tertiary/aromatic N) is 1. The van der Waals surface area contributed by atoms with Gasteiger partial charge in [-0.25, -0.2) is 0 Å². The maximum Gasteiger partial charge on any atom is 0.100 e. The summed E-state index contributed by atoms with van der Waals surface area (Å²) in [5.74, 6) is 0.0220. The molecule has 1 aliphatic heterocycles. The minimum absolute atomic E-state index is 0.00837. The summed E-state index contributed by atoms with van der Waals surface area (Å²) in [6, 6.07) is 29.9. The number of hydrogen-bond donors (Lipinski definition) is 0. The maximum atomic E-state index is 10.6. The van der Waals surface area contributed by atoms with Gasteiger partial charge >= 0.3 is 0 Å². The first-order valence-corrected chi connectivity index (χ1v) is 9.75. The highest BCUT2D eigenvalue weighted by molar-refractivity contribution is 5.78. The van der Waals surface area contributed by atoms with Crippen LogP contribution < -0.4 is 0 Å². The Balaban J connectivity index is 1.69. The van der Waals surface area contributed by atoms with E-state index in [9.17, 15) is 5.26 Å². The number of ether oxygens (including phenoxy) is 1. The normalized spacial score (nSPS) is 25.4. The van der Waals surface area contributed by atoms with Crippen molar-refractivity contribution in [2.75, 3.05) is 13.2 Å². The van der Waals surface area contributed by atoms with Gasteiger partial charge in [0, 0.05) is 11.8 Å². The Morgan fingerprint density at radius 1 is 0.857 bits per heavy atom. The van der Waals surface area contributed by atoms with Gasteiger partial charge in [0.05, 0.1) is 19.3 Å². The highest BCUT2D eigenvalue weighted by Gasteiger charge is 2.53. The van der Waals surface area contributed by atoms with Crippen LogP contribution in [0.2, 0.25) is 0 Å². The average molecular weight is 363 g/mol. The van der Waals surface area contributed by atoms with Crippen molar-refractivity contribution in [2.24, 2.45) is 5.92 Å². The van der Waals surface area contributed by atoms with E-state index in [-0.39, 0.29) is 11.8 Å². The van der Waals surface area contributed by atoms with Gasteiger partial charge in [-0.1, -0.05) is 91.0 Å². The van der Waals surface area contributed by atoms with Crippen molar-refractivity contribution in [3.63, 3.8) is 0 Å². The predicted molar refractivity (Wildman–Crippen MR) is 112 cm³/mol. The van der Waals surface area contributed by atoms with Crippen LogP contribution in [0.15, 0.2) is 84.9 Å². The number of fused-ring (bicyclic) bond motifs is 6. The van der Waals surface area contributed by atoms with Gasteiger partial charge in [0.15, 0.2) is 0 Å². The molecule has 1 saturated heterocycles. The Labute approximate surface area is 165 Å². The second kappa shape index (κ2) is 6.78. The smallest absolute Gasteiger partial charge is 0.100 e. The Morgan fingerprint density at radius 2 is 1.57 bits per heavy atom. The lowest BCUT2D eigenvalue weighted by Gasteiger charge is -2.48. The molecule has 0 unspecified atom stereocenters. The molecule has 0 N–H and O–H groups in total. The van der Waals surface area contributed by atoms with Crippen LogP contribution in [0.25, 0.3) is 17.2 Å². The average Bonchev–Trinajstić information content (AvgIpc) is 2.78. The van der Waals surface area contributed by atoms with Gasteiger partial charge in [-0.15, -0.1) is 0 Å². The van der Waals surface area contributed by atoms with E-state index in [0.29, 0.717) is 13.2 Å². The van der Waals surface area contributed by atoms with Crippen LogP contribution in [0, 0.1) is 17.2 Å². The molecule has 0 amide bonds. The van der Waals surface area contributed by atoms with E-state index >= 15 is 0 Å². The van der Waals surface area contributed by atoms with E-state index in [2.05, 4.69) is 78.9 Å². The molecule has 2 heteroatoms. The second-order valence-electron chi connectivity index (χ2n) is 7.58. The molecule has 5 rings (SSSR count). The van der Waals surface area contributed by atoms with E-state index in [1.165, 1.54) is 16.7 Å². The molecule has 136 valence electrons. The summed E-state index contributed by atoms with van der Waals surface area (Å²) in [4.78, 5) is 0. The summed E-state index contributed by atoms with van der Waals surface area (Å²) in [5.41, 5.74) is 5.28. The van der Waals surface area contributed by atoms with Gasteiger partial charge in [0.1, 0.15) is 5.41 Å². The van der Waals surface area contributed by atoms with Crippen molar-refractivity contribution in [1.82, 2.24) is 0 Å². The van der Waals surface area contributed by atoms with Crippen molar-refractivity contribution in [3.8, 4) is 17.2 Å². The van der Waals surface area contributed by atoms with Crippen molar-refractivity contribution < 1.29 is 4.74 Å².